The maximum Gasteiger partial charge on any atom is 0.273 e. The van der Waals surface area contributed by atoms with Crippen LogP contribution in [0, 0.1) is 23.6 Å². The highest BCUT2D eigenvalue weighted by Gasteiger charge is 2.17. The molecular weight excluding hydrogens is 467 g/mol. The number of fused-ring (bicyclic) bond motifs is 1. The molecule has 10 heteroatoms. The van der Waals surface area contributed by atoms with Crippen molar-refractivity contribution in [3.63, 3.8) is 0 Å². The van der Waals surface area contributed by atoms with E-state index in [1.807, 2.05) is 31.2 Å². The third kappa shape index (κ3) is 4.38. The van der Waals surface area contributed by atoms with Crippen molar-refractivity contribution in [3.8, 4) is 5.69 Å². The molecule has 4 rings (SSSR count). The Bertz CT molecular complexity index is 1460. The van der Waals surface area contributed by atoms with Crippen LogP contribution >= 0.6 is 35.3 Å². The Labute approximate surface area is 196 Å². The van der Waals surface area contributed by atoms with Gasteiger partial charge in [-0.25, -0.2) is 9.37 Å². The molecule has 0 fully saturated rings. The van der Waals surface area contributed by atoms with Crippen molar-refractivity contribution in [2.75, 3.05) is 11.1 Å². The number of nitrogens with one attached hydrogen (secondary N) is 1. The van der Waals surface area contributed by atoms with Gasteiger partial charge in [-0.2, -0.15) is 0 Å². The minimum absolute atomic E-state index is 0.0106. The molecule has 0 saturated heterocycles. The number of amides is 1. The summed E-state index contributed by atoms with van der Waals surface area (Å²) in [5, 5.41) is 3.05. The number of nitrogens with zero attached hydrogens (tertiary/aromatic N) is 3. The summed E-state index contributed by atoms with van der Waals surface area (Å²) in [5.41, 5.74) is 3.06. The number of benzene rings is 2. The predicted molar refractivity (Wildman–Crippen MR) is 130 cm³/mol. The number of hydrogen-bond donors (Lipinski definition) is 1. The molecule has 2 aromatic carbocycles. The SMILES string of the molecule is Cc1ccc(-n2c(=S)sc3c(=O)n(C)c(SCC(=O)Nc4ccc(C)c(F)c4)nc32)cc1. The van der Waals surface area contributed by atoms with E-state index in [1.165, 1.54) is 22.0 Å². The van der Waals surface area contributed by atoms with Crippen LogP contribution in [0.4, 0.5) is 10.1 Å². The Balaban J connectivity index is 1.63. The van der Waals surface area contributed by atoms with Gasteiger partial charge in [-0.15, -0.1) is 0 Å². The van der Waals surface area contributed by atoms with Gasteiger partial charge in [-0.1, -0.05) is 46.9 Å². The molecule has 164 valence electrons. The third-order valence-electron chi connectivity index (χ3n) is 4.85. The maximum atomic E-state index is 13.7. The first-order chi connectivity index (χ1) is 15.2. The standard InChI is InChI=1S/C22H19FN4O2S3/c1-12-4-8-15(9-5-12)27-19-18(32-22(27)30)20(29)26(3)21(25-19)31-11-17(28)24-14-7-6-13(2)16(23)10-14/h4-10H,11H2,1-3H3,(H,24,28). The molecule has 1 amide bonds. The summed E-state index contributed by atoms with van der Waals surface area (Å²) in [6, 6.07) is 12.3. The average Bonchev–Trinajstić information content (AvgIpc) is 3.09. The van der Waals surface area contributed by atoms with E-state index in [9.17, 15) is 14.0 Å². The van der Waals surface area contributed by atoms with Crippen LogP contribution in [-0.2, 0) is 11.8 Å². The van der Waals surface area contributed by atoms with Gasteiger partial charge in [0, 0.05) is 18.4 Å². The fourth-order valence-electron chi connectivity index (χ4n) is 3.06. The molecule has 0 aliphatic rings. The van der Waals surface area contributed by atoms with Crippen LogP contribution in [-0.4, -0.2) is 25.8 Å². The van der Waals surface area contributed by atoms with Gasteiger partial charge in [-0.3, -0.25) is 18.7 Å². The normalized spacial score (nSPS) is 11.1. The fourth-order valence-corrected chi connectivity index (χ4v) is 5.17. The van der Waals surface area contributed by atoms with Crippen molar-refractivity contribution in [2.45, 2.75) is 19.0 Å². The topological polar surface area (TPSA) is 68.9 Å². The molecule has 0 spiro atoms. The number of aromatic nitrogens is 3. The molecule has 0 unspecified atom stereocenters. The summed E-state index contributed by atoms with van der Waals surface area (Å²) in [5.74, 6) is -0.701. The van der Waals surface area contributed by atoms with Gasteiger partial charge in [0.25, 0.3) is 5.56 Å². The molecule has 4 aromatic rings. The van der Waals surface area contributed by atoms with Gasteiger partial charge in [-0.05, 0) is 55.9 Å². The maximum absolute atomic E-state index is 13.7. The molecule has 2 aromatic heterocycles. The Morgan fingerprint density at radius 2 is 1.94 bits per heavy atom. The van der Waals surface area contributed by atoms with E-state index in [-0.39, 0.29) is 23.0 Å². The number of thioether (sulfide) groups is 1. The largest absolute Gasteiger partial charge is 0.325 e. The first kappa shape index (κ1) is 22.4. The number of rotatable bonds is 5. The molecule has 0 aliphatic heterocycles. The summed E-state index contributed by atoms with van der Waals surface area (Å²) in [4.78, 5) is 30.0. The first-order valence-electron chi connectivity index (χ1n) is 9.63. The van der Waals surface area contributed by atoms with E-state index in [0.717, 1.165) is 23.0 Å². The third-order valence-corrected chi connectivity index (χ3v) is 7.24. The quantitative estimate of drug-likeness (QED) is 0.244. The van der Waals surface area contributed by atoms with Crippen LogP contribution in [0.15, 0.2) is 52.4 Å². The molecule has 1 N–H and O–H groups in total. The van der Waals surface area contributed by atoms with Gasteiger partial charge >= 0.3 is 0 Å². The monoisotopic (exact) mass is 486 g/mol. The van der Waals surface area contributed by atoms with E-state index in [0.29, 0.717) is 30.7 Å². The average molecular weight is 487 g/mol. The van der Waals surface area contributed by atoms with Gasteiger partial charge in [0.15, 0.2) is 14.8 Å². The number of anilines is 1. The Kier molecular flexibility index (Phi) is 6.27. The Hall–Kier alpha value is -2.82. The summed E-state index contributed by atoms with van der Waals surface area (Å²) in [6.45, 7) is 3.65. The van der Waals surface area contributed by atoms with E-state index >= 15 is 0 Å². The van der Waals surface area contributed by atoms with Crippen LogP contribution < -0.4 is 10.9 Å². The molecule has 2 heterocycles. The van der Waals surface area contributed by atoms with Crippen LogP contribution in [0.25, 0.3) is 16.0 Å². The number of thiazole rings is 1. The molecule has 6 nitrogen and oxygen atoms in total. The van der Waals surface area contributed by atoms with E-state index in [4.69, 9.17) is 12.2 Å². The molecular formula is C22H19FN4O2S3. The Morgan fingerprint density at radius 3 is 2.62 bits per heavy atom. The zero-order valence-electron chi connectivity index (χ0n) is 17.5. The second-order valence-corrected chi connectivity index (χ2v) is 9.84. The predicted octanol–water partition coefficient (Wildman–Crippen LogP) is 5.00. The van der Waals surface area contributed by atoms with Gasteiger partial charge in [0.2, 0.25) is 5.91 Å². The van der Waals surface area contributed by atoms with Crippen LogP contribution in [0.3, 0.4) is 0 Å². The highest BCUT2D eigenvalue weighted by Crippen LogP contribution is 2.26. The second-order valence-electron chi connectivity index (χ2n) is 7.25. The van der Waals surface area contributed by atoms with E-state index < -0.39 is 0 Å². The lowest BCUT2D eigenvalue weighted by Gasteiger charge is -2.10. The summed E-state index contributed by atoms with van der Waals surface area (Å²) in [7, 11) is 1.61. The van der Waals surface area contributed by atoms with Crippen LogP contribution in [0.5, 0.6) is 0 Å². The molecule has 0 radical (unpaired) electrons. The lowest BCUT2D eigenvalue weighted by Crippen LogP contribution is -2.21. The zero-order valence-corrected chi connectivity index (χ0v) is 20.0. The van der Waals surface area contributed by atoms with Crippen molar-refractivity contribution >= 4 is 57.3 Å². The molecule has 0 bridgehead atoms. The molecule has 32 heavy (non-hydrogen) atoms. The minimum Gasteiger partial charge on any atom is -0.325 e. The zero-order chi connectivity index (χ0) is 23.0. The van der Waals surface area contributed by atoms with Crippen molar-refractivity contribution in [1.29, 1.82) is 0 Å². The van der Waals surface area contributed by atoms with Crippen molar-refractivity contribution < 1.29 is 9.18 Å². The van der Waals surface area contributed by atoms with E-state index in [2.05, 4.69) is 10.3 Å². The van der Waals surface area contributed by atoms with Crippen molar-refractivity contribution in [2.24, 2.45) is 7.05 Å². The summed E-state index contributed by atoms with van der Waals surface area (Å²) >= 11 is 7.85. The summed E-state index contributed by atoms with van der Waals surface area (Å²) in [6.07, 6.45) is 0. The number of carbonyl (C=O) groups is 1. The molecule has 0 saturated carbocycles. The highest BCUT2D eigenvalue weighted by atomic mass is 32.2. The van der Waals surface area contributed by atoms with Gasteiger partial charge in [0.1, 0.15) is 10.5 Å². The molecule has 0 aliphatic carbocycles. The lowest BCUT2D eigenvalue weighted by molar-refractivity contribution is -0.113. The molecule has 0 atom stereocenters. The fraction of sp³-hybridized carbons (Fsp3) is 0.182. The van der Waals surface area contributed by atoms with Crippen molar-refractivity contribution in [1.82, 2.24) is 14.1 Å². The van der Waals surface area contributed by atoms with Crippen molar-refractivity contribution in [3.05, 3.63) is 73.7 Å². The smallest absolute Gasteiger partial charge is 0.273 e. The lowest BCUT2D eigenvalue weighted by atomic mass is 10.2. The second kappa shape index (κ2) is 8.97. The van der Waals surface area contributed by atoms with E-state index in [1.54, 1.807) is 30.7 Å². The number of aryl methyl sites for hydroxylation is 2. The number of carbonyl (C=O) groups excluding carboxylic acids is 1. The highest BCUT2D eigenvalue weighted by molar-refractivity contribution is 7.99. The minimum atomic E-state index is -0.386. The van der Waals surface area contributed by atoms with Crippen LogP contribution in [0.2, 0.25) is 0 Å². The summed E-state index contributed by atoms with van der Waals surface area (Å²) < 4.78 is 17.9. The Morgan fingerprint density at radius 1 is 1.22 bits per heavy atom. The van der Waals surface area contributed by atoms with Crippen LogP contribution in [0.1, 0.15) is 11.1 Å². The van der Waals surface area contributed by atoms with Gasteiger partial charge < -0.3 is 5.32 Å². The number of hydrogen-bond acceptors (Lipinski definition) is 6. The first-order valence-corrected chi connectivity index (χ1v) is 11.8. The van der Waals surface area contributed by atoms with Gasteiger partial charge in [0.05, 0.1) is 5.75 Å². The number of halogens is 1.